The minimum absolute atomic E-state index is 0.0200. The Labute approximate surface area is 157 Å². The van der Waals surface area contributed by atoms with Gasteiger partial charge in [-0.25, -0.2) is 4.79 Å². The predicted molar refractivity (Wildman–Crippen MR) is 97.8 cm³/mol. The highest BCUT2D eigenvalue weighted by Gasteiger charge is 2.40. The molecule has 0 unspecified atom stereocenters. The standard InChI is InChI=1S/C19H21ClN2O4/c1-11(2)26-16-8-7-12(10-15(16)20)9-14-17(23)21-19(25)22(18(14)24)13-5-3-4-6-13/h7-11,13H,3-6H2,1-2H3,(H,21,23,25)/b14-9+. The first-order valence-corrected chi connectivity index (χ1v) is 9.11. The van der Waals surface area contributed by atoms with E-state index in [-0.39, 0.29) is 17.7 Å². The summed E-state index contributed by atoms with van der Waals surface area (Å²) >= 11 is 6.22. The molecule has 2 aliphatic rings. The van der Waals surface area contributed by atoms with Crippen LogP contribution in [-0.2, 0) is 9.59 Å². The van der Waals surface area contributed by atoms with Gasteiger partial charge in [-0.05, 0) is 50.5 Å². The fourth-order valence-corrected chi connectivity index (χ4v) is 3.52. The molecule has 0 spiro atoms. The Hall–Kier alpha value is -2.34. The van der Waals surface area contributed by atoms with Crippen molar-refractivity contribution in [1.82, 2.24) is 10.2 Å². The Balaban J connectivity index is 1.88. The van der Waals surface area contributed by atoms with Crippen molar-refractivity contribution in [2.75, 3.05) is 0 Å². The molecule has 3 rings (SSSR count). The van der Waals surface area contributed by atoms with Gasteiger partial charge >= 0.3 is 6.03 Å². The van der Waals surface area contributed by atoms with Crippen molar-refractivity contribution in [1.29, 1.82) is 0 Å². The Kier molecular flexibility index (Phi) is 5.32. The molecule has 7 heteroatoms. The maximum absolute atomic E-state index is 12.8. The van der Waals surface area contributed by atoms with Gasteiger partial charge in [0.25, 0.3) is 11.8 Å². The van der Waals surface area contributed by atoms with E-state index in [0.29, 0.717) is 16.3 Å². The van der Waals surface area contributed by atoms with E-state index in [1.54, 1.807) is 18.2 Å². The molecule has 0 radical (unpaired) electrons. The molecule has 1 heterocycles. The number of nitrogens with one attached hydrogen (secondary N) is 1. The van der Waals surface area contributed by atoms with Crippen molar-refractivity contribution >= 4 is 35.5 Å². The second-order valence-electron chi connectivity index (χ2n) is 6.79. The van der Waals surface area contributed by atoms with Crippen molar-refractivity contribution in [3.8, 4) is 5.75 Å². The molecule has 1 aliphatic carbocycles. The third-order valence-electron chi connectivity index (χ3n) is 4.45. The van der Waals surface area contributed by atoms with E-state index in [1.165, 1.54) is 11.0 Å². The summed E-state index contributed by atoms with van der Waals surface area (Å²) in [5.74, 6) is -0.705. The quantitative estimate of drug-likeness (QED) is 0.644. The van der Waals surface area contributed by atoms with Gasteiger partial charge in [-0.1, -0.05) is 30.5 Å². The van der Waals surface area contributed by atoms with Crippen LogP contribution in [0.4, 0.5) is 4.79 Å². The molecule has 26 heavy (non-hydrogen) atoms. The van der Waals surface area contributed by atoms with E-state index in [1.807, 2.05) is 13.8 Å². The highest BCUT2D eigenvalue weighted by Crippen LogP contribution is 2.29. The molecule has 1 aliphatic heterocycles. The van der Waals surface area contributed by atoms with Crippen LogP contribution >= 0.6 is 11.6 Å². The van der Waals surface area contributed by atoms with Crippen molar-refractivity contribution < 1.29 is 19.1 Å². The van der Waals surface area contributed by atoms with Gasteiger partial charge in [-0.2, -0.15) is 0 Å². The number of carbonyl (C=O) groups excluding carboxylic acids is 3. The minimum Gasteiger partial charge on any atom is -0.489 e. The number of imide groups is 2. The van der Waals surface area contributed by atoms with Crippen LogP contribution in [0.5, 0.6) is 5.75 Å². The summed E-state index contributed by atoms with van der Waals surface area (Å²) in [5, 5.41) is 2.65. The van der Waals surface area contributed by atoms with E-state index in [0.717, 1.165) is 25.7 Å². The number of amides is 4. The fraction of sp³-hybridized carbons (Fsp3) is 0.421. The van der Waals surface area contributed by atoms with Gasteiger partial charge in [0.1, 0.15) is 11.3 Å². The molecular weight excluding hydrogens is 356 g/mol. The van der Waals surface area contributed by atoms with E-state index in [2.05, 4.69) is 5.32 Å². The van der Waals surface area contributed by atoms with E-state index in [9.17, 15) is 14.4 Å². The molecule has 138 valence electrons. The number of urea groups is 1. The van der Waals surface area contributed by atoms with Gasteiger partial charge in [0.05, 0.1) is 11.1 Å². The minimum atomic E-state index is -0.687. The first-order chi connectivity index (χ1) is 12.4. The average molecular weight is 377 g/mol. The van der Waals surface area contributed by atoms with Gasteiger partial charge in [-0.15, -0.1) is 0 Å². The predicted octanol–water partition coefficient (Wildman–Crippen LogP) is 3.53. The summed E-state index contributed by atoms with van der Waals surface area (Å²) in [4.78, 5) is 38.2. The smallest absolute Gasteiger partial charge is 0.331 e. The summed E-state index contributed by atoms with van der Waals surface area (Å²) in [6.45, 7) is 3.79. The lowest BCUT2D eigenvalue weighted by Gasteiger charge is -2.31. The number of ether oxygens (including phenoxy) is 1. The van der Waals surface area contributed by atoms with Crippen LogP contribution in [0.15, 0.2) is 23.8 Å². The molecule has 1 saturated heterocycles. The third kappa shape index (κ3) is 3.75. The van der Waals surface area contributed by atoms with Crippen LogP contribution < -0.4 is 10.1 Å². The molecular formula is C19H21ClN2O4. The monoisotopic (exact) mass is 376 g/mol. The van der Waals surface area contributed by atoms with Crippen LogP contribution in [-0.4, -0.2) is 34.9 Å². The molecule has 2 fully saturated rings. The van der Waals surface area contributed by atoms with Crippen LogP contribution in [0.25, 0.3) is 6.08 Å². The molecule has 1 N–H and O–H groups in total. The maximum Gasteiger partial charge on any atom is 0.331 e. The SMILES string of the molecule is CC(C)Oc1ccc(/C=C2\C(=O)NC(=O)N(C3CCCC3)C2=O)cc1Cl. The van der Waals surface area contributed by atoms with Crippen molar-refractivity contribution in [2.24, 2.45) is 0 Å². The van der Waals surface area contributed by atoms with Crippen LogP contribution in [0.3, 0.4) is 0 Å². The zero-order chi connectivity index (χ0) is 18.8. The number of benzene rings is 1. The van der Waals surface area contributed by atoms with Gasteiger partial charge in [0, 0.05) is 6.04 Å². The van der Waals surface area contributed by atoms with Gasteiger partial charge < -0.3 is 4.74 Å². The summed E-state index contributed by atoms with van der Waals surface area (Å²) in [6, 6.07) is 4.25. The largest absolute Gasteiger partial charge is 0.489 e. The van der Waals surface area contributed by atoms with Crippen molar-refractivity contribution in [2.45, 2.75) is 51.7 Å². The summed E-state index contributed by atoms with van der Waals surface area (Å²) in [6.07, 6.45) is 4.93. The van der Waals surface area contributed by atoms with Crippen molar-refractivity contribution in [3.05, 3.63) is 34.4 Å². The average Bonchev–Trinajstić information content (AvgIpc) is 3.07. The van der Waals surface area contributed by atoms with Gasteiger partial charge in [0.2, 0.25) is 0 Å². The van der Waals surface area contributed by atoms with Gasteiger partial charge in [0.15, 0.2) is 0 Å². The molecule has 1 saturated carbocycles. The second-order valence-corrected chi connectivity index (χ2v) is 7.19. The highest BCUT2D eigenvalue weighted by atomic mass is 35.5. The number of carbonyl (C=O) groups is 3. The number of hydrogen-bond acceptors (Lipinski definition) is 4. The van der Waals surface area contributed by atoms with Crippen LogP contribution in [0.2, 0.25) is 5.02 Å². The molecule has 1 aromatic rings. The van der Waals surface area contributed by atoms with E-state index < -0.39 is 17.8 Å². The summed E-state index contributed by atoms with van der Waals surface area (Å²) in [7, 11) is 0. The van der Waals surface area contributed by atoms with Crippen molar-refractivity contribution in [3.63, 3.8) is 0 Å². The molecule has 6 nitrogen and oxygen atoms in total. The van der Waals surface area contributed by atoms with Gasteiger partial charge in [-0.3, -0.25) is 19.8 Å². The lowest BCUT2D eigenvalue weighted by atomic mass is 10.1. The van der Waals surface area contributed by atoms with E-state index in [4.69, 9.17) is 16.3 Å². The maximum atomic E-state index is 12.8. The number of hydrogen-bond donors (Lipinski definition) is 1. The second kappa shape index (κ2) is 7.50. The number of nitrogens with zero attached hydrogens (tertiary/aromatic N) is 1. The summed E-state index contributed by atoms with van der Waals surface area (Å²) < 4.78 is 5.58. The Morgan fingerprint density at radius 1 is 1.23 bits per heavy atom. The number of barbiturate groups is 1. The zero-order valence-electron chi connectivity index (χ0n) is 14.8. The van der Waals surface area contributed by atoms with E-state index >= 15 is 0 Å². The molecule has 4 amide bonds. The highest BCUT2D eigenvalue weighted by molar-refractivity contribution is 6.33. The molecule has 0 atom stereocenters. The normalized spacial score (nSPS) is 20.2. The lowest BCUT2D eigenvalue weighted by molar-refractivity contribution is -0.131. The zero-order valence-corrected chi connectivity index (χ0v) is 15.5. The first kappa shape index (κ1) is 18.5. The van der Waals surface area contributed by atoms with Crippen LogP contribution in [0, 0.1) is 0 Å². The third-order valence-corrected chi connectivity index (χ3v) is 4.75. The summed E-state index contributed by atoms with van der Waals surface area (Å²) in [5.41, 5.74) is 0.524. The molecule has 0 aromatic heterocycles. The molecule has 1 aromatic carbocycles. The Morgan fingerprint density at radius 3 is 2.54 bits per heavy atom. The Bertz CT molecular complexity index is 782. The fourth-order valence-electron chi connectivity index (χ4n) is 3.29. The van der Waals surface area contributed by atoms with Crippen LogP contribution in [0.1, 0.15) is 45.1 Å². The number of halogens is 1. The lowest BCUT2D eigenvalue weighted by Crippen LogP contribution is -2.57. The first-order valence-electron chi connectivity index (χ1n) is 8.73. The number of rotatable bonds is 4. The Morgan fingerprint density at radius 2 is 1.92 bits per heavy atom. The topological polar surface area (TPSA) is 75.7 Å². The molecule has 0 bridgehead atoms.